The van der Waals surface area contributed by atoms with Crippen molar-refractivity contribution in [2.24, 2.45) is 10.9 Å². The summed E-state index contributed by atoms with van der Waals surface area (Å²) in [6.07, 6.45) is 7.39. The number of aliphatic imine (C=N–C) groups is 1. The Bertz CT molecular complexity index is 1070. The minimum absolute atomic E-state index is 0.104. The molecule has 0 N–H and O–H groups in total. The molecule has 0 bridgehead atoms. The molecule has 31 heavy (non-hydrogen) atoms. The Kier molecular flexibility index (Phi) is 5.30. The molecular weight excluding hydrogens is 398 g/mol. The van der Waals surface area contributed by atoms with Crippen LogP contribution in [0.2, 0.25) is 0 Å². The van der Waals surface area contributed by atoms with Crippen molar-refractivity contribution in [3.63, 3.8) is 0 Å². The molecule has 4 nitrogen and oxygen atoms in total. The zero-order valence-corrected chi connectivity index (χ0v) is 17.2. The van der Waals surface area contributed by atoms with Gasteiger partial charge in [-0.25, -0.2) is 13.8 Å². The molecule has 2 aromatic rings. The topological polar surface area (TPSA) is 41.9 Å². The van der Waals surface area contributed by atoms with E-state index in [0.717, 1.165) is 56.2 Å². The number of amides is 1. The van der Waals surface area contributed by atoms with Crippen LogP contribution in [0.1, 0.15) is 49.7 Å². The minimum atomic E-state index is -0.912. The van der Waals surface area contributed by atoms with E-state index in [0.29, 0.717) is 29.3 Å². The first-order valence-corrected chi connectivity index (χ1v) is 10.9. The van der Waals surface area contributed by atoms with E-state index in [9.17, 15) is 13.6 Å². The van der Waals surface area contributed by atoms with Crippen LogP contribution in [0.3, 0.4) is 0 Å². The van der Waals surface area contributed by atoms with Gasteiger partial charge in [0, 0.05) is 23.6 Å². The van der Waals surface area contributed by atoms with Crippen LogP contribution < -0.4 is 0 Å². The van der Waals surface area contributed by atoms with Crippen LogP contribution >= 0.6 is 0 Å². The molecule has 2 fully saturated rings. The third-order valence-electron chi connectivity index (χ3n) is 6.48. The number of hydrogen-bond acceptors (Lipinski definition) is 3. The molecule has 3 aliphatic rings. The molecule has 1 aliphatic carbocycles. The zero-order chi connectivity index (χ0) is 21.4. The van der Waals surface area contributed by atoms with Gasteiger partial charge in [-0.15, -0.1) is 0 Å². The number of fused-ring (bicyclic) bond motifs is 1. The molecule has 2 aromatic carbocycles. The Morgan fingerprint density at radius 2 is 1.81 bits per heavy atom. The lowest BCUT2D eigenvalue weighted by molar-refractivity contribution is -0.135. The second-order valence-electron chi connectivity index (χ2n) is 8.42. The first-order valence-electron chi connectivity index (χ1n) is 10.9. The fourth-order valence-electron chi connectivity index (χ4n) is 4.86. The lowest BCUT2D eigenvalue weighted by atomic mass is 9.97. The number of carbonyl (C=O) groups is 1. The lowest BCUT2D eigenvalue weighted by Gasteiger charge is -2.27. The standard InChI is InChI=1S/C25H24F2N2O2/c26-20-12-11-17(14-21(20)27)19-15-31-24(28-22-9-4-3-8-18(19)22)23-10-5-13-29(23)25(30)16-6-1-2-7-16/h3-4,8-9,11-12,14-16,23H,1-2,5-7,10,13H2. The molecule has 1 atom stereocenters. The van der Waals surface area contributed by atoms with Crippen LogP contribution in [0.4, 0.5) is 14.5 Å². The molecule has 160 valence electrons. The fraction of sp³-hybridized carbons (Fsp3) is 0.360. The number of nitrogens with zero attached hydrogens (tertiary/aromatic N) is 2. The summed E-state index contributed by atoms with van der Waals surface area (Å²) in [4.78, 5) is 19.8. The lowest BCUT2D eigenvalue weighted by Crippen LogP contribution is -2.43. The smallest absolute Gasteiger partial charge is 0.226 e. The van der Waals surface area contributed by atoms with Gasteiger partial charge in [-0.05, 0) is 49.4 Å². The summed E-state index contributed by atoms with van der Waals surface area (Å²) < 4.78 is 33.4. The van der Waals surface area contributed by atoms with Gasteiger partial charge in [0.1, 0.15) is 12.3 Å². The molecule has 1 saturated heterocycles. The molecule has 0 radical (unpaired) electrons. The summed E-state index contributed by atoms with van der Waals surface area (Å²) in [6, 6.07) is 11.1. The second-order valence-corrected chi connectivity index (χ2v) is 8.42. The van der Waals surface area contributed by atoms with E-state index in [4.69, 9.17) is 9.73 Å². The van der Waals surface area contributed by atoms with Crippen LogP contribution in [0.15, 0.2) is 53.7 Å². The Morgan fingerprint density at radius 1 is 1.00 bits per heavy atom. The summed E-state index contributed by atoms with van der Waals surface area (Å²) in [5.74, 6) is -1.02. The number of likely N-dealkylation sites (tertiary alicyclic amines) is 1. The van der Waals surface area contributed by atoms with Crippen LogP contribution in [0, 0.1) is 17.6 Å². The first-order chi connectivity index (χ1) is 15.1. The maximum atomic E-state index is 13.9. The van der Waals surface area contributed by atoms with Crippen LogP contribution in [0.25, 0.3) is 5.57 Å². The molecule has 1 unspecified atom stereocenters. The van der Waals surface area contributed by atoms with E-state index in [-0.39, 0.29) is 17.9 Å². The molecule has 1 amide bonds. The van der Waals surface area contributed by atoms with Gasteiger partial charge in [0.25, 0.3) is 0 Å². The van der Waals surface area contributed by atoms with Crippen LogP contribution in [-0.2, 0) is 9.53 Å². The van der Waals surface area contributed by atoms with Crippen molar-refractivity contribution in [1.82, 2.24) is 4.90 Å². The van der Waals surface area contributed by atoms with Crippen molar-refractivity contribution in [2.75, 3.05) is 6.54 Å². The number of carbonyl (C=O) groups excluding carboxylic acids is 1. The highest BCUT2D eigenvalue weighted by Crippen LogP contribution is 2.36. The van der Waals surface area contributed by atoms with Crippen molar-refractivity contribution in [2.45, 2.75) is 44.6 Å². The highest BCUT2D eigenvalue weighted by Gasteiger charge is 2.38. The minimum Gasteiger partial charge on any atom is -0.448 e. The monoisotopic (exact) mass is 422 g/mol. The Labute approximate surface area is 180 Å². The van der Waals surface area contributed by atoms with Gasteiger partial charge in [0.15, 0.2) is 11.6 Å². The summed E-state index contributed by atoms with van der Waals surface area (Å²) in [5, 5.41) is 0. The van der Waals surface area contributed by atoms with E-state index in [1.165, 1.54) is 6.07 Å². The molecule has 6 heteroatoms. The van der Waals surface area contributed by atoms with E-state index >= 15 is 0 Å². The Morgan fingerprint density at radius 3 is 2.61 bits per heavy atom. The highest BCUT2D eigenvalue weighted by atomic mass is 19.2. The van der Waals surface area contributed by atoms with Crippen LogP contribution in [-0.4, -0.2) is 29.3 Å². The van der Waals surface area contributed by atoms with Crippen molar-refractivity contribution >= 4 is 23.1 Å². The SMILES string of the molecule is O=C(C1CCCC1)N1CCCC1C1=Nc2ccccc2C(c2ccc(F)c(F)c2)=CO1. The Balaban J connectivity index is 1.50. The third kappa shape index (κ3) is 3.75. The highest BCUT2D eigenvalue weighted by molar-refractivity contribution is 5.95. The molecule has 0 spiro atoms. The van der Waals surface area contributed by atoms with Gasteiger partial charge < -0.3 is 9.64 Å². The quantitative estimate of drug-likeness (QED) is 0.647. The molecular formula is C25H24F2N2O2. The summed E-state index contributed by atoms with van der Waals surface area (Å²) in [7, 11) is 0. The van der Waals surface area contributed by atoms with Crippen LogP contribution in [0.5, 0.6) is 0 Å². The zero-order valence-electron chi connectivity index (χ0n) is 17.2. The van der Waals surface area contributed by atoms with E-state index in [1.807, 2.05) is 29.2 Å². The van der Waals surface area contributed by atoms with E-state index < -0.39 is 11.6 Å². The second kappa shape index (κ2) is 8.25. The maximum absolute atomic E-state index is 13.9. The largest absolute Gasteiger partial charge is 0.448 e. The predicted molar refractivity (Wildman–Crippen MR) is 115 cm³/mol. The molecule has 2 aliphatic heterocycles. The molecule has 0 aromatic heterocycles. The summed E-state index contributed by atoms with van der Waals surface area (Å²) in [5.41, 5.74) is 2.59. The molecule has 1 saturated carbocycles. The fourth-order valence-corrected chi connectivity index (χ4v) is 4.86. The van der Waals surface area contributed by atoms with E-state index in [2.05, 4.69) is 0 Å². The Hall–Kier alpha value is -3.02. The maximum Gasteiger partial charge on any atom is 0.226 e. The normalized spacial score (nSPS) is 21.2. The van der Waals surface area contributed by atoms with Gasteiger partial charge in [-0.3, -0.25) is 4.79 Å². The van der Waals surface area contributed by atoms with Crippen molar-refractivity contribution in [3.8, 4) is 0 Å². The van der Waals surface area contributed by atoms with Crippen molar-refractivity contribution in [3.05, 3.63) is 71.5 Å². The number of halogens is 2. The predicted octanol–water partition coefficient (Wildman–Crippen LogP) is 5.60. The van der Waals surface area contributed by atoms with Gasteiger partial charge in [-0.1, -0.05) is 37.1 Å². The van der Waals surface area contributed by atoms with Gasteiger partial charge in [0.05, 0.1) is 5.69 Å². The number of rotatable bonds is 3. The van der Waals surface area contributed by atoms with Gasteiger partial charge in [-0.2, -0.15) is 0 Å². The average Bonchev–Trinajstić information content (AvgIpc) is 3.45. The summed E-state index contributed by atoms with van der Waals surface area (Å²) >= 11 is 0. The number of ether oxygens (including phenoxy) is 1. The average molecular weight is 422 g/mol. The number of para-hydroxylation sites is 1. The van der Waals surface area contributed by atoms with Gasteiger partial charge >= 0.3 is 0 Å². The van der Waals surface area contributed by atoms with Crippen molar-refractivity contribution in [1.29, 1.82) is 0 Å². The van der Waals surface area contributed by atoms with Crippen molar-refractivity contribution < 1.29 is 18.3 Å². The number of hydrogen-bond donors (Lipinski definition) is 0. The molecule has 5 rings (SSSR count). The first kappa shape index (κ1) is 19.9. The van der Waals surface area contributed by atoms with E-state index in [1.54, 1.807) is 6.26 Å². The molecule has 2 heterocycles. The van der Waals surface area contributed by atoms with Gasteiger partial charge in [0.2, 0.25) is 11.8 Å². The summed E-state index contributed by atoms with van der Waals surface area (Å²) in [6.45, 7) is 0.712. The third-order valence-corrected chi connectivity index (χ3v) is 6.48. The number of benzene rings is 2.